The average Bonchev–Trinajstić information content (AvgIpc) is 2.02. The van der Waals surface area contributed by atoms with Crippen molar-refractivity contribution in [3.63, 3.8) is 0 Å². The highest BCUT2D eigenvalue weighted by atomic mass is 32.1. The molecule has 5 heteroatoms. The highest BCUT2D eigenvalue weighted by Crippen LogP contribution is 1.93. The summed E-state index contributed by atoms with van der Waals surface area (Å²) in [6.07, 6.45) is 0.989. The number of thiocarbonyl (C=S) groups is 1. The van der Waals surface area contributed by atoms with Crippen molar-refractivity contribution in [3.8, 4) is 0 Å². The molecule has 4 nitrogen and oxygen atoms in total. The van der Waals surface area contributed by atoms with Gasteiger partial charge < -0.3 is 10.6 Å². The molecule has 0 atom stereocenters. The third-order valence-electron chi connectivity index (χ3n) is 1.78. The van der Waals surface area contributed by atoms with E-state index in [4.69, 9.17) is 18.0 Å². The summed E-state index contributed by atoms with van der Waals surface area (Å²) in [6, 6.07) is 0. The predicted molar refractivity (Wildman–Crippen MR) is 62.2 cm³/mol. The second-order valence-corrected chi connectivity index (χ2v) is 3.99. The monoisotopic (exact) mass is 217 g/mol. The molecule has 0 saturated carbocycles. The fraction of sp³-hybridized carbons (Fsp3) is 0.778. The lowest BCUT2D eigenvalue weighted by molar-refractivity contribution is -0.129. The van der Waals surface area contributed by atoms with E-state index >= 15 is 0 Å². The summed E-state index contributed by atoms with van der Waals surface area (Å²) in [5.41, 5.74) is 5.44. The van der Waals surface area contributed by atoms with Crippen molar-refractivity contribution in [1.29, 1.82) is 0 Å². The molecule has 0 aliphatic heterocycles. The largest absolute Gasteiger partial charge is 0.392 e. The standard InChI is InChI=1S/C9H19N3OS/c1-4-5-12(6-8(10)14)7-9(13)11(2)3/h4-7H2,1-3H3,(H2,10,14). The molecule has 2 N–H and O–H groups in total. The van der Waals surface area contributed by atoms with E-state index in [1.54, 1.807) is 19.0 Å². The van der Waals surface area contributed by atoms with E-state index in [-0.39, 0.29) is 5.91 Å². The number of carbonyl (C=O) groups excluding carboxylic acids is 1. The van der Waals surface area contributed by atoms with Gasteiger partial charge in [0.1, 0.15) is 0 Å². The number of nitrogens with zero attached hydrogens (tertiary/aromatic N) is 2. The summed E-state index contributed by atoms with van der Waals surface area (Å²) < 4.78 is 0. The molecular formula is C9H19N3OS. The average molecular weight is 217 g/mol. The van der Waals surface area contributed by atoms with Crippen molar-refractivity contribution in [3.05, 3.63) is 0 Å². The van der Waals surface area contributed by atoms with Gasteiger partial charge in [0.25, 0.3) is 0 Å². The van der Waals surface area contributed by atoms with Gasteiger partial charge in [0.2, 0.25) is 5.91 Å². The number of rotatable bonds is 6. The maximum atomic E-state index is 11.4. The summed E-state index contributed by atoms with van der Waals surface area (Å²) in [5.74, 6) is 0.0784. The van der Waals surface area contributed by atoms with Gasteiger partial charge in [-0.3, -0.25) is 9.69 Å². The molecule has 0 aromatic heterocycles. The Hall–Kier alpha value is -0.680. The van der Waals surface area contributed by atoms with Crippen LogP contribution in [0.2, 0.25) is 0 Å². The zero-order valence-corrected chi connectivity index (χ0v) is 9.93. The van der Waals surface area contributed by atoms with Crippen LogP contribution in [0.25, 0.3) is 0 Å². The van der Waals surface area contributed by atoms with Gasteiger partial charge in [0.05, 0.1) is 11.5 Å². The second kappa shape index (κ2) is 6.73. The first kappa shape index (κ1) is 13.3. The van der Waals surface area contributed by atoms with Crippen molar-refractivity contribution in [1.82, 2.24) is 9.80 Å². The fourth-order valence-electron chi connectivity index (χ4n) is 1.08. The molecule has 0 aromatic carbocycles. The molecular weight excluding hydrogens is 198 g/mol. The quantitative estimate of drug-likeness (QED) is 0.640. The molecule has 0 rings (SSSR count). The van der Waals surface area contributed by atoms with E-state index in [0.29, 0.717) is 18.1 Å². The number of nitrogens with two attached hydrogens (primary N) is 1. The zero-order valence-electron chi connectivity index (χ0n) is 9.12. The van der Waals surface area contributed by atoms with Gasteiger partial charge in [0.15, 0.2) is 0 Å². The lowest BCUT2D eigenvalue weighted by atomic mass is 10.3. The third-order valence-corrected chi connectivity index (χ3v) is 1.91. The molecule has 14 heavy (non-hydrogen) atoms. The van der Waals surface area contributed by atoms with Crippen molar-refractivity contribution >= 4 is 23.1 Å². The Morgan fingerprint density at radius 1 is 1.36 bits per heavy atom. The number of hydrogen-bond donors (Lipinski definition) is 1. The minimum atomic E-state index is 0.0784. The van der Waals surface area contributed by atoms with Crippen LogP contribution in [0.3, 0.4) is 0 Å². The van der Waals surface area contributed by atoms with Crippen molar-refractivity contribution in [2.45, 2.75) is 13.3 Å². The van der Waals surface area contributed by atoms with E-state index in [1.165, 1.54) is 0 Å². The molecule has 0 fully saturated rings. The Kier molecular flexibility index (Phi) is 6.40. The molecule has 0 aliphatic carbocycles. The van der Waals surface area contributed by atoms with Gasteiger partial charge in [-0.1, -0.05) is 19.1 Å². The van der Waals surface area contributed by atoms with Crippen molar-refractivity contribution in [2.75, 3.05) is 33.7 Å². The lowest BCUT2D eigenvalue weighted by Crippen LogP contribution is -2.40. The number of amides is 1. The van der Waals surface area contributed by atoms with Crippen LogP contribution in [0.15, 0.2) is 0 Å². The predicted octanol–water partition coefficient (Wildman–Crippen LogP) is 0.0727. The molecule has 0 radical (unpaired) electrons. The fourth-order valence-corrected chi connectivity index (χ4v) is 1.27. The van der Waals surface area contributed by atoms with E-state index in [0.717, 1.165) is 13.0 Å². The molecule has 0 aliphatic rings. The summed E-state index contributed by atoms with van der Waals surface area (Å²) in [5, 5.41) is 0. The summed E-state index contributed by atoms with van der Waals surface area (Å²) >= 11 is 4.82. The van der Waals surface area contributed by atoms with Crippen molar-refractivity contribution in [2.24, 2.45) is 5.73 Å². The maximum Gasteiger partial charge on any atom is 0.236 e. The van der Waals surface area contributed by atoms with Crippen LogP contribution in [0.5, 0.6) is 0 Å². The second-order valence-electron chi connectivity index (χ2n) is 3.47. The Balaban J connectivity index is 4.08. The SMILES string of the molecule is CCCN(CC(=O)N(C)C)CC(N)=S. The maximum absolute atomic E-state index is 11.4. The smallest absolute Gasteiger partial charge is 0.236 e. The van der Waals surface area contributed by atoms with Crippen LogP contribution in [-0.4, -0.2) is 54.4 Å². The molecule has 0 saturated heterocycles. The van der Waals surface area contributed by atoms with Crippen LogP contribution < -0.4 is 5.73 Å². The van der Waals surface area contributed by atoms with Gasteiger partial charge in [-0.15, -0.1) is 0 Å². The van der Waals surface area contributed by atoms with E-state index in [1.807, 2.05) is 4.90 Å². The molecule has 0 heterocycles. The zero-order chi connectivity index (χ0) is 11.1. The van der Waals surface area contributed by atoms with Crippen LogP contribution in [-0.2, 0) is 4.79 Å². The number of carbonyl (C=O) groups is 1. The van der Waals surface area contributed by atoms with Crippen molar-refractivity contribution < 1.29 is 4.79 Å². The topological polar surface area (TPSA) is 49.6 Å². The lowest BCUT2D eigenvalue weighted by Gasteiger charge is -2.22. The number of hydrogen-bond acceptors (Lipinski definition) is 3. The Morgan fingerprint density at radius 2 is 1.93 bits per heavy atom. The first-order chi connectivity index (χ1) is 6.47. The summed E-state index contributed by atoms with van der Waals surface area (Å²) in [6.45, 7) is 3.81. The van der Waals surface area contributed by atoms with Gasteiger partial charge in [-0.2, -0.15) is 0 Å². The molecule has 0 aromatic rings. The first-order valence-corrected chi connectivity index (χ1v) is 5.09. The van der Waals surface area contributed by atoms with Crippen LogP contribution >= 0.6 is 12.2 Å². The molecule has 0 unspecified atom stereocenters. The summed E-state index contributed by atoms with van der Waals surface area (Å²) in [4.78, 5) is 15.4. The van der Waals surface area contributed by atoms with Gasteiger partial charge in [-0.05, 0) is 13.0 Å². The molecule has 82 valence electrons. The third kappa shape index (κ3) is 5.88. The Bertz CT molecular complexity index is 206. The van der Waals surface area contributed by atoms with Gasteiger partial charge in [0, 0.05) is 20.6 Å². The summed E-state index contributed by atoms with van der Waals surface area (Å²) in [7, 11) is 3.49. The minimum absolute atomic E-state index is 0.0784. The van der Waals surface area contributed by atoms with Gasteiger partial charge in [-0.25, -0.2) is 0 Å². The molecule has 0 spiro atoms. The van der Waals surface area contributed by atoms with E-state index in [2.05, 4.69) is 6.92 Å². The first-order valence-electron chi connectivity index (χ1n) is 4.68. The molecule has 1 amide bonds. The van der Waals surface area contributed by atoms with Gasteiger partial charge >= 0.3 is 0 Å². The normalized spacial score (nSPS) is 10.3. The van der Waals surface area contributed by atoms with E-state index < -0.39 is 0 Å². The highest BCUT2D eigenvalue weighted by molar-refractivity contribution is 7.80. The highest BCUT2D eigenvalue weighted by Gasteiger charge is 2.11. The van der Waals surface area contributed by atoms with Crippen LogP contribution in [0, 0.1) is 0 Å². The minimum Gasteiger partial charge on any atom is -0.392 e. The number of likely N-dealkylation sites (N-methyl/N-ethyl adjacent to an activating group) is 1. The Morgan fingerprint density at radius 3 is 2.29 bits per heavy atom. The van der Waals surface area contributed by atoms with E-state index in [9.17, 15) is 4.79 Å². The Labute approximate surface area is 91.0 Å². The molecule has 0 bridgehead atoms. The van der Waals surface area contributed by atoms with Crippen LogP contribution in [0.4, 0.5) is 0 Å². The van der Waals surface area contributed by atoms with Crippen LogP contribution in [0.1, 0.15) is 13.3 Å².